The van der Waals surface area contributed by atoms with Crippen LogP contribution in [0.3, 0.4) is 0 Å². The second-order valence-corrected chi connectivity index (χ2v) is 12.7. The molecule has 5 rings (SSSR count). The van der Waals surface area contributed by atoms with Gasteiger partial charge >= 0.3 is 6.09 Å². The normalized spacial score (nSPS) is 30.2. The fourth-order valence-electron chi connectivity index (χ4n) is 5.66. The van der Waals surface area contributed by atoms with Crippen LogP contribution in [-0.2, 0) is 20.7 Å². The van der Waals surface area contributed by atoms with E-state index >= 15 is 0 Å². The molecule has 1 aromatic heterocycles. The topological polar surface area (TPSA) is 111 Å². The average Bonchev–Trinajstić information content (AvgIpc) is 3.53. The number of hydrogen-bond donors (Lipinski definition) is 1. The van der Waals surface area contributed by atoms with Gasteiger partial charge in [-0.15, -0.1) is 0 Å². The Balaban J connectivity index is 1.49. The number of ether oxygens (including phenoxy) is 2. The minimum atomic E-state index is -0.868. The van der Waals surface area contributed by atoms with Gasteiger partial charge in [0.2, 0.25) is 11.8 Å². The second kappa shape index (κ2) is 10.9. The van der Waals surface area contributed by atoms with E-state index in [4.69, 9.17) is 31.0 Å². The number of alkyl carbamates (subject to hydrolysis) is 1. The number of amides is 2. The lowest BCUT2D eigenvalue weighted by Crippen LogP contribution is -2.56. The largest absolute Gasteiger partial charge is 0.471 e. The first-order valence-electron chi connectivity index (χ1n) is 13.9. The van der Waals surface area contributed by atoms with Crippen molar-refractivity contribution < 1.29 is 23.9 Å². The zero-order valence-electron chi connectivity index (χ0n) is 23.0. The molecular formula is C29H37ClN4O5. The van der Waals surface area contributed by atoms with E-state index < -0.39 is 29.7 Å². The van der Waals surface area contributed by atoms with Crippen LogP contribution in [0.4, 0.5) is 4.79 Å². The molecule has 1 saturated carbocycles. The van der Waals surface area contributed by atoms with Gasteiger partial charge in [-0.05, 0) is 55.2 Å². The summed E-state index contributed by atoms with van der Waals surface area (Å²) in [7, 11) is 0. The van der Waals surface area contributed by atoms with Gasteiger partial charge in [0.25, 0.3) is 0 Å². The zero-order valence-corrected chi connectivity index (χ0v) is 23.7. The SMILES string of the molecule is C[C@@H]1[C@@H]2CN(C(=O)[C@H](C(C)(C)C)NC(=O)O[C@@H]3C[C@H]3CCCCCc3nc4ccc(Cl)cc4nc3O2)[C@@H]1C=O. The molecule has 9 nitrogen and oxygen atoms in total. The highest BCUT2D eigenvalue weighted by Gasteiger charge is 2.48. The Morgan fingerprint density at radius 3 is 2.62 bits per heavy atom. The van der Waals surface area contributed by atoms with Crippen molar-refractivity contribution in [3.8, 4) is 5.88 Å². The lowest BCUT2D eigenvalue weighted by molar-refractivity contribution is -0.139. The molecule has 1 aromatic carbocycles. The molecule has 2 bridgehead atoms. The van der Waals surface area contributed by atoms with E-state index in [9.17, 15) is 14.4 Å². The number of aromatic nitrogens is 2. The first-order valence-corrected chi connectivity index (χ1v) is 14.3. The molecule has 1 saturated heterocycles. The van der Waals surface area contributed by atoms with Gasteiger partial charge in [-0.2, -0.15) is 0 Å². The van der Waals surface area contributed by atoms with Gasteiger partial charge in [0.1, 0.15) is 30.2 Å². The molecule has 2 aromatic rings. The zero-order chi connectivity index (χ0) is 27.9. The van der Waals surface area contributed by atoms with E-state index in [1.54, 1.807) is 12.1 Å². The minimum absolute atomic E-state index is 0.114. The molecule has 6 atom stereocenters. The highest BCUT2D eigenvalue weighted by Crippen LogP contribution is 2.39. The highest BCUT2D eigenvalue weighted by atomic mass is 35.5. The van der Waals surface area contributed by atoms with Gasteiger partial charge in [-0.1, -0.05) is 52.1 Å². The summed E-state index contributed by atoms with van der Waals surface area (Å²) in [5, 5.41) is 3.36. The molecule has 210 valence electrons. The van der Waals surface area contributed by atoms with Crippen LogP contribution in [0.2, 0.25) is 5.02 Å². The van der Waals surface area contributed by atoms with Gasteiger partial charge in [-0.25, -0.2) is 14.8 Å². The summed E-state index contributed by atoms with van der Waals surface area (Å²) in [5.74, 6) is 0.137. The van der Waals surface area contributed by atoms with Gasteiger partial charge in [0.05, 0.1) is 23.6 Å². The molecule has 1 N–H and O–H groups in total. The maximum absolute atomic E-state index is 13.9. The van der Waals surface area contributed by atoms with E-state index in [-0.39, 0.29) is 24.5 Å². The smallest absolute Gasteiger partial charge is 0.408 e. The molecule has 0 radical (unpaired) electrons. The van der Waals surface area contributed by atoms with Gasteiger partial charge in [0.15, 0.2) is 0 Å². The lowest BCUT2D eigenvalue weighted by atomic mass is 9.85. The number of nitrogens with one attached hydrogen (secondary N) is 1. The number of aryl methyl sites for hydroxylation is 1. The first-order chi connectivity index (χ1) is 18.5. The summed E-state index contributed by atoms with van der Waals surface area (Å²) < 4.78 is 12.1. The Kier molecular flexibility index (Phi) is 7.73. The highest BCUT2D eigenvalue weighted by molar-refractivity contribution is 6.31. The summed E-state index contributed by atoms with van der Waals surface area (Å²) >= 11 is 6.22. The van der Waals surface area contributed by atoms with Crippen LogP contribution < -0.4 is 10.1 Å². The van der Waals surface area contributed by atoms with Crippen LogP contribution in [0.1, 0.15) is 65.5 Å². The molecule has 39 heavy (non-hydrogen) atoms. The Labute approximate surface area is 234 Å². The van der Waals surface area contributed by atoms with Gasteiger partial charge in [0, 0.05) is 10.9 Å². The lowest BCUT2D eigenvalue weighted by Gasteiger charge is -2.34. The van der Waals surface area contributed by atoms with E-state index in [0.717, 1.165) is 49.6 Å². The predicted molar refractivity (Wildman–Crippen MR) is 147 cm³/mol. The number of rotatable bonds is 1. The number of fused-ring (bicyclic) bond motifs is 5. The summed E-state index contributed by atoms with van der Waals surface area (Å²) in [6, 6.07) is 3.83. The third kappa shape index (κ3) is 5.98. The van der Waals surface area contributed by atoms with Crippen molar-refractivity contribution in [3.05, 3.63) is 28.9 Å². The van der Waals surface area contributed by atoms with Crippen molar-refractivity contribution in [1.82, 2.24) is 20.2 Å². The van der Waals surface area contributed by atoms with Crippen LogP contribution in [0.25, 0.3) is 11.0 Å². The quantitative estimate of drug-likeness (QED) is 0.506. The molecule has 2 aliphatic heterocycles. The van der Waals surface area contributed by atoms with Crippen molar-refractivity contribution in [2.24, 2.45) is 17.3 Å². The first kappa shape index (κ1) is 27.6. The monoisotopic (exact) mass is 556 g/mol. The van der Waals surface area contributed by atoms with Crippen LogP contribution in [0, 0.1) is 17.3 Å². The van der Waals surface area contributed by atoms with E-state index in [0.29, 0.717) is 28.8 Å². The molecule has 3 heterocycles. The maximum Gasteiger partial charge on any atom is 0.408 e. The van der Waals surface area contributed by atoms with Crippen LogP contribution in [0.15, 0.2) is 18.2 Å². The predicted octanol–water partition coefficient (Wildman–Crippen LogP) is 4.72. The third-order valence-corrected chi connectivity index (χ3v) is 8.42. The summed E-state index contributed by atoms with van der Waals surface area (Å²) in [4.78, 5) is 50.0. The van der Waals surface area contributed by atoms with E-state index in [1.807, 2.05) is 33.8 Å². The Morgan fingerprint density at radius 1 is 1.08 bits per heavy atom. The van der Waals surface area contributed by atoms with Crippen LogP contribution >= 0.6 is 11.6 Å². The fraction of sp³-hybridized carbons (Fsp3) is 0.621. The maximum atomic E-state index is 13.9. The van der Waals surface area contributed by atoms with Crippen molar-refractivity contribution in [2.45, 2.75) is 90.5 Å². The molecule has 2 amide bonds. The number of benzene rings is 1. The van der Waals surface area contributed by atoms with Crippen LogP contribution in [-0.4, -0.2) is 64.0 Å². The molecule has 0 unspecified atom stereocenters. The summed E-state index contributed by atoms with van der Waals surface area (Å²) in [6.45, 7) is 7.73. The Morgan fingerprint density at radius 2 is 1.87 bits per heavy atom. The number of halogens is 1. The number of hydrogen-bond acceptors (Lipinski definition) is 7. The fourth-order valence-corrected chi connectivity index (χ4v) is 5.83. The van der Waals surface area contributed by atoms with Crippen molar-refractivity contribution in [1.29, 1.82) is 0 Å². The minimum Gasteiger partial charge on any atom is -0.471 e. The van der Waals surface area contributed by atoms with Crippen molar-refractivity contribution in [2.75, 3.05) is 6.54 Å². The Hall–Kier alpha value is -2.94. The van der Waals surface area contributed by atoms with E-state index in [1.165, 1.54) is 4.90 Å². The number of nitrogens with zero attached hydrogens (tertiary/aromatic N) is 3. The molecular weight excluding hydrogens is 520 g/mol. The number of carbonyl (C=O) groups excluding carboxylic acids is 3. The standard InChI is InChI=1S/C29H37ClN4O5/c1-16-22(15-35)34-14-24(16)38-26-20(31-19-11-10-18(30)13-21(19)32-26)9-7-5-6-8-17-12-23(17)39-28(37)33-25(27(34)36)29(2,3)4/h10-11,13,15-17,22-25H,5-9,12,14H2,1-4H3,(H,33,37)/t16-,17+,22+,23+,24-,25+/m0/s1. The number of aldehydes is 1. The third-order valence-electron chi connectivity index (χ3n) is 8.19. The summed E-state index contributed by atoms with van der Waals surface area (Å²) in [6.07, 6.45) is 5.08. The molecule has 2 fully saturated rings. The van der Waals surface area contributed by atoms with Gasteiger partial charge in [-0.3, -0.25) is 4.79 Å². The summed E-state index contributed by atoms with van der Waals surface area (Å²) in [5.41, 5.74) is 1.53. The molecule has 0 spiro atoms. The Bertz CT molecular complexity index is 1260. The van der Waals surface area contributed by atoms with Crippen LogP contribution in [0.5, 0.6) is 5.88 Å². The van der Waals surface area contributed by atoms with Crippen molar-refractivity contribution >= 4 is 40.9 Å². The number of carbonyl (C=O) groups is 3. The molecule has 1 aliphatic carbocycles. The second-order valence-electron chi connectivity index (χ2n) is 12.2. The van der Waals surface area contributed by atoms with Gasteiger partial charge < -0.3 is 24.5 Å². The van der Waals surface area contributed by atoms with Crippen molar-refractivity contribution in [3.63, 3.8) is 0 Å². The average molecular weight is 557 g/mol. The van der Waals surface area contributed by atoms with E-state index in [2.05, 4.69) is 5.32 Å². The molecule has 3 aliphatic rings. The molecule has 10 heteroatoms.